The van der Waals surface area contributed by atoms with Crippen LogP contribution in [0.25, 0.3) is 0 Å². The third-order valence-corrected chi connectivity index (χ3v) is 4.48. The van der Waals surface area contributed by atoms with Crippen LogP contribution < -0.4 is 5.32 Å². The average Bonchev–Trinajstić information content (AvgIpc) is 2.46. The van der Waals surface area contributed by atoms with E-state index < -0.39 is 0 Å². The van der Waals surface area contributed by atoms with Crippen molar-refractivity contribution in [1.82, 2.24) is 10.2 Å². The monoisotopic (exact) mass is 260 g/mol. The Kier molecular flexibility index (Phi) is 5.41. The highest BCUT2D eigenvalue weighted by molar-refractivity contribution is 5.28. The van der Waals surface area contributed by atoms with Gasteiger partial charge in [0.2, 0.25) is 0 Å². The van der Waals surface area contributed by atoms with E-state index in [-0.39, 0.29) is 0 Å². The number of hydrogen-bond donors (Lipinski definition) is 1. The molecule has 0 spiro atoms. The Balaban J connectivity index is 2.02. The normalized spacial score (nSPS) is 21.6. The summed E-state index contributed by atoms with van der Waals surface area (Å²) in [7, 11) is 0. The van der Waals surface area contributed by atoms with Gasteiger partial charge in [-0.1, -0.05) is 31.2 Å². The third-order valence-electron chi connectivity index (χ3n) is 4.48. The van der Waals surface area contributed by atoms with E-state index in [9.17, 15) is 0 Å². The van der Waals surface area contributed by atoms with Crippen molar-refractivity contribution < 1.29 is 0 Å². The van der Waals surface area contributed by atoms with Crippen LogP contribution in [0, 0.1) is 12.8 Å². The van der Waals surface area contributed by atoms with Crippen LogP contribution in [0.5, 0.6) is 0 Å². The predicted molar refractivity (Wildman–Crippen MR) is 82.4 cm³/mol. The summed E-state index contributed by atoms with van der Waals surface area (Å²) in [5.74, 6) is 0.820. The summed E-state index contributed by atoms with van der Waals surface area (Å²) in [6.45, 7) is 11.6. The fraction of sp³-hybridized carbons (Fsp3) is 0.647. The molecule has 0 radical (unpaired) electrons. The van der Waals surface area contributed by atoms with Gasteiger partial charge in [0.05, 0.1) is 0 Å². The van der Waals surface area contributed by atoms with Crippen LogP contribution >= 0.6 is 0 Å². The van der Waals surface area contributed by atoms with Crippen molar-refractivity contribution in [3.05, 3.63) is 35.4 Å². The van der Waals surface area contributed by atoms with Crippen molar-refractivity contribution in [1.29, 1.82) is 0 Å². The van der Waals surface area contributed by atoms with Gasteiger partial charge in [0.25, 0.3) is 0 Å². The molecule has 1 fully saturated rings. The minimum Gasteiger partial charge on any atom is -0.316 e. The molecule has 2 unspecified atom stereocenters. The Morgan fingerprint density at radius 2 is 2.16 bits per heavy atom. The highest BCUT2D eigenvalue weighted by atomic mass is 15.2. The summed E-state index contributed by atoms with van der Waals surface area (Å²) >= 11 is 0. The molecule has 106 valence electrons. The van der Waals surface area contributed by atoms with Crippen LogP contribution in [-0.4, -0.2) is 31.1 Å². The lowest BCUT2D eigenvalue weighted by Crippen LogP contribution is -2.39. The first-order valence-corrected chi connectivity index (χ1v) is 7.72. The first-order valence-electron chi connectivity index (χ1n) is 7.72. The van der Waals surface area contributed by atoms with Gasteiger partial charge < -0.3 is 5.32 Å². The zero-order chi connectivity index (χ0) is 13.7. The molecule has 2 nitrogen and oxygen atoms in total. The number of benzene rings is 1. The van der Waals surface area contributed by atoms with E-state index in [4.69, 9.17) is 0 Å². The lowest BCUT2D eigenvalue weighted by molar-refractivity contribution is 0.170. The highest BCUT2D eigenvalue weighted by Gasteiger charge is 2.21. The van der Waals surface area contributed by atoms with Gasteiger partial charge in [0.1, 0.15) is 0 Å². The van der Waals surface area contributed by atoms with E-state index in [1.54, 1.807) is 0 Å². The van der Waals surface area contributed by atoms with Gasteiger partial charge in [-0.3, -0.25) is 4.90 Å². The molecule has 1 heterocycles. The number of rotatable bonds is 5. The Bertz CT molecular complexity index is 383. The Morgan fingerprint density at radius 3 is 2.79 bits per heavy atom. The first-order chi connectivity index (χ1) is 9.22. The van der Waals surface area contributed by atoms with Gasteiger partial charge in [-0.25, -0.2) is 0 Å². The van der Waals surface area contributed by atoms with E-state index in [0.717, 1.165) is 12.5 Å². The fourth-order valence-electron chi connectivity index (χ4n) is 3.22. The van der Waals surface area contributed by atoms with E-state index in [1.807, 2.05) is 0 Å². The number of aryl methyl sites for hydroxylation is 1. The summed E-state index contributed by atoms with van der Waals surface area (Å²) in [5, 5.41) is 3.53. The molecule has 2 rings (SSSR count). The summed E-state index contributed by atoms with van der Waals surface area (Å²) in [5.41, 5.74) is 2.89. The summed E-state index contributed by atoms with van der Waals surface area (Å²) in [4.78, 5) is 2.62. The van der Waals surface area contributed by atoms with Crippen LogP contribution in [-0.2, 0) is 0 Å². The molecule has 19 heavy (non-hydrogen) atoms. The Morgan fingerprint density at radius 1 is 1.37 bits per heavy atom. The number of nitrogens with zero attached hydrogens (tertiary/aromatic N) is 1. The lowest BCUT2D eigenvalue weighted by atomic mass is 9.96. The minimum atomic E-state index is 0.521. The quantitative estimate of drug-likeness (QED) is 0.873. The molecule has 2 heteroatoms. The lowest BCUT2D eigenvalue weighted by Gasteiger charge is -2.34. The standard InChI is InChI=1S/C17H28N2/c1-4-19(13-16-9-7-11-18-12-16)15(3)17-10-6-5-8-14(17)2/h5-6,8,10,15-16,18H,4,7,9,11-13H2,1-3H3. The van der Waals surface area contributed by atoms with Crippen LogP contribution in [0.15, 0.2) is 24.3 Å². The molecule has 2 atom stereocenters. The molecule has 1 aromatic rings. The Hall–Kier alpha value is -0.860. The number of nitrogens with one attached hydrogen (secondary N) is 1. The maximum Gasteiger partial charge on any atom is 0.0322 e. The largest absolute Gasteiger partial charge is 0.316 e. The maximum absolute atomic E-state index is 3.53. The van der Waals surface area contributed by atoms with E-state index in [0.29, 0.717) is 6.04 Å². The molecular weight excluding hydrogens is 232 g/mol. The molecule has 1 aliphatic heterocycles. The first kappa shape index (κ1) is 14.5. The molecular formula is C17H28N2. The van der Waals surface area contributed by atoms with Gasteiger partial charge in [-0.15, -0.1) is 0 Å². The van der Waals surface area contributed by atoms with Crippen molar-refractivity contribution in [2.45, 2.75) is 39.7 Å². The van der Waals surface area contributed by atoms with Crippen molar-refractivity contribution in [3.63, 3.8) is 0 Å². The van der Waals surface area contributed by atoms with Crippen molar-refractivity contribution in [2.75, 3.05) is 26.2 Å². The average molecular weight is 260 g/mol. The van der Waals surface area contributed by atoms with Crippen LogP contribution in [0.4, 0.5) is 0 Å². The van der Waals surface area contributed by atoms with Crippen LogP contribution in [0.2, 0.25) is 0 Å². The number of hydrogen-bond acceptors (Lipinski definition) is 2. The number of piperidine rings is 1. The molecule has 1 aliphatic rings. The molecule has 0 saturated carbocycles. The Labute approximate surface area is 118 Å². The van der Waals surface area contributed by atoms with Crippen LogP contribution in [0.1, 0.15) is 43.9 Å². The summed E-state index contributed by atoms with van der Waals surface area (Å²) in [6.07, 6.45) is 2.71. The van der Waals surface area contributed by atoms with Crippen molar-refractivity contribution >= 4 is 0 Å². The zero-order valence-corrected chi connectivity index (χ0v) is 12.7. The molecule has 0 bridgehead atoms. The molecule has 0 aliphatic carbocycles. The van der Waals surface area contributed by atoms with Crippen LogP contribution in [0.3, 0.4) is 0 Å². The van der Waals surface area contributed by atoms with E-state index in [1.165, 1.54) is 43.6 Å². The second kappa shape index (κ2) is 7.06. The van der Waals surface area contributed by atoms with Gasteiger partial charge in [0.15, 0.2) is 0 Å². The smallest absolute Gasteiger partial charge is 0.0322 e. The maximum atomic E-state index is 3.53. The van der Waals surface area contributed by atoms with Gasteiger partial charge in [0, 0.05) is 12.6 Å². The highest BCUT2D eigenvalue weighted by Crippen LogP contribution is 2.25. The van der Waals surface area contributed by atoms with Crippen molar-refractivity contribution in [2.24, 2.45) is 5.92 Å². The topological polar surface area (TPSA) is 15.3 Å². The predicted octanol–water partition coefficient (Wildman–Crippen LogP) is 3.38. The second-order valence-corrected chi connectivity index (χ2v) is 5.83. The molecule has 1 saturated heterocycles. The third kappa shape index (κ3) is 3.80. The fourth-order valence-corrected chi connectivity index (χ4v) is 3.22. The van der Waals surface area contributed by atoms with Gasteiger partial charge in [-0.05, 0) is 63.4 Å². The van der Waals surface area contributed by atoms with Gasteiger partial charge in [-0.2, -0.15) is 0 Å². The summed E-state index contributed by atoms with van der Waals surface area (Å²) < 4.78 is 0. The van der Waals surface area contributed by atoms with E-state index in [2.05, 4.69) is 55.3 Å². The zero-order valence-electron chi connectivity index (χ0n) is 12.7. The minimum absolute atomic E-state index is 0.521. The van der Waals surface area contributed by atoms with Gasteiger partial charge >= 0.3 is 0 Å². The molecule has 1 aromatic carbocycles. The SMILES string of the molecule is CCN(CC1CCCNC1)C(C)c1ccccc1C. The summed E-state index contributed by atoms with van der Waals surface area (Å²) in [6, 6.07) is 9.32. The molecule has 0 amide bonds. The van der Waals surface area contributed by atoms with E-state index >= 15 is 0 Å². The molecule has 0 aromatic heterocycles. The second-order valence-electron chi connectivity index (χ2n) is 5.83. The molecule has 1 N–H and O–H groups in total. The van der Waals surface area contributed by atoms with Crippen molar-refractivity contribution in [3.8, 4) is 0 Å².